The summed E-state index contributed by atoms with van der Waals surface area (Å²) in [7, 11) is 3.22. The van der Waals surface area contributed by atoms with Gasteiger partial charge in [0.2, 0.25) is 0 Å². The number of alkyl halides is 1. The Morgan fingerprint density at radius 2 is 2.21 bits per heavy atom. The van der Waals surface area contributed by atoms with E-state index in [-0.39, 0.29) is 12.5 Å². The second kappa shape index (κ2) is 5.61. The minimum atomic E-state index is -0.311. The summed E-state index contributed by atoms with van der Waals surface area (Å²) in [6.07, 6.45) is 1.41. The first kappa shape index (κ1) is 13.9. The van der Waals surface area contributed by atoms with Crippen LogP contribution in [0.4, 0.5) is 0 Å². The fourth-order valence-corrected chi connectivity index (χ4v) is 2.33. The third-order valence-corrected chi connectivity index (χ3v) is 3.23. The first-order chi connectivity index (χ1) is 9.12. The van der Waals surface area contributed by atoms with Gasteiger partial charge in [-0.25, -0.2) is 4.98 Å². The molecule has 0 radical (unpaired) electrons. The van der Waals surface area contributed by atoms with E-state index < -0.39 is 0 Å². The Kier molecular flexibility index (Phi) is 4.09. The molecule has 0 unspecified atom stereocenters. The maximum atomic E-state index is 11.5. The molecule has 2 heterocycles. The van der Waals surface area contributed by atoms with Gasteiger partial charge in [-0.3, -0.25) is 9.48 Å². The molecule has 0 bridgehead atoms. The Morgan fingerprint density at radius 1 is 1.47 bits per heavy atom. The first-order valence-electron chi connectivity index (χ1n) is 6.16. The Balaban J connectivity index is 2.58. The largest absolute Gasteiger partial charge is 0.468 e. The van der Waals surface area contributed by atoms with Gasteiger partial charge in [-0.2, -0.15) is 5.10 Å². The summed E-state index contributed by atoms with van der Waals surface area (Å²) in [5.41, 5.74) is 2.60. The summed E-state index contributed by atoms with van der Waals surface area (Å²) in [5.74, 6) is 0.937. The van der Waals surface area contributed by atoms with Crippen LogP contribution in [-0.4, -0.2) is 38.3 Å². The van der Waals surface area contributed by atoms with Crippen molar-refractivity contribution in [3.8, 4) is 0 Å². The molecule has 19 heavy (non-hydrogen) atoms. The molecule has 2 aromatic heterocycles. The molecule has 2 rings (SSSR count). The van der Waals surface area contributed by atoms with E-state index in [1.165, 1.54) is 7.11 Å². The van der Waals surface area contributed by atoms with Gasteiger partial charge in [-0.1, -0.05) is 6.92 Å². The van der Waals surface area contributed by atoms with Gasteiger partial charge in [0.1, 0.15) is 17.9 Å². The Bertz CT molecular complexity index is 602. The molecule has 0 aromatic carbocycles. The van der Waals surface area contributed by atoms with E-state index in [1.54, 1.807) is 4.68 Å². The second-order valence-electron chi connectivity index (χ2n) is 4.23. The number of ether oxygens (including phenoxy) is 1. The Morgan fingerprint density at radius 3 is 2.79 bits per heavy atom. The average molecular weight is 285 g/mol. The van der Waals surface area contributed by atoms with Crippen LogP contribution < -0.4 is 0 Å². The van der Waals surface area contributed by atoms with E-state index in [0.717, 1.165) is 29.1 Å². The third-order valence-electron chi connectivity index (χ3n) is 3.04. The van der Waals surface area contributed by atoms with Crippen molar-refractivity contribution in [2.24, 2.45) is 7.05 Å². The van der Waals surface area contributed by atoms with Gasteiger partial charge in [0.15, 0.2) is 5.65 Å². The SMILES string of the molecule is CCc1nn(C)c2c1nc(CCCl)n2CC(=O)OC. The highest BCUT2D eigenvalue weighted by Gasteiger charge is 2.19. The van der Waals surface area contributed by atoms with Gasteiger partial charge in [-0.15, -0.1) is 11.6 Å². The van der Waals surface area contributed by atoms with Crippen molar-refractivity contribution >= 4 is 28.7 Å². The molecule has 0 aliphatic heterocycles. The van der Waals surface area contributed by atoms with Crippen LogP contribution in [0.3, 0.4) is 0 Å². The number of halogens is 1. The van der Waals surface area contributed by atoms with E-state index in [1.807, 2.05) is 18.5 Å². The molecule has 0 saturated carbocycles. The quantitative estimate of drug-likeness (QED) is 0.613. The number of hydrogen-bond acceptors (Lipinski definition) is 4. The van der Waals surface area contributed by atoms with Crippen molar-refractivity contribution in [3.63, 3.8) is 0 Å². The van der Waals surface area contributed by atoms with Crippen LogP contribution in [0.5, 0.6) is 0 Å². The van der Waals surface area contributed by atoms with Crippen molar-refractivity contribution in [1.82, 2.24) is 19.3 Å². The second-order valence-corrected chi connectivity index (χ2v) is 4.60. The van der Waals surface area contributed by atoms with Crippen LogP contribution in [0.1, 0.15) is 18.4 Å². The number of nitrogens with zero attached hydrogens (tertiary/aromatic N) is 4. The molecule has 0 spiro atoms. The van der Waals surface area contributed by atoms with Crippen LogP contribution >= 0.6 is 11.6 Å². The fourth-order valence-electron chi connectivity index (χ4n) is 2.16. The molecule has 0 atom stereocenters. The van der Waals surface area contributed by atoms with E-state index >= 15 is 0 Å². The summed E-state index contributed by atoms with van der Waals surface area (Å²) >= 11 is 5.79. The normalized spacial score (nSPS) is 11.2. The third kappa shape index (κ3) is 2.45. The van der Waals surface area contributed by atoms with Crippen molar-refractivity contribution in [1.29, 1.82) is 0 Å². The molecule has 104 valence electrons. The molecule has 0 fully saturated rings. The first-order valence-corrected chi connectivity index (χ1v) is 6.69. The van der Waals surface area contributed by atoms with Crippen molar-refractivity contribution in [3.05, 3.63) is 11.5 Å². The van der Waals surface area contributed by atoms with Crippen LogP contribution in [0.25, 0.3) is 11.2 Å². The summed E-state index contributed by atoms with van der Waals surface area (Å²) in [6, 6.07) is 0. The average Bonchev–Trinajstić information content (AvgIpc) is 2.89. The van der Waals surface area contributed by atoms with E-state index in [2.05, 4.69) is 10.1 Å². The number of fused-ring (bicyclic) bond motifs is 1. The number of aryl methyl sites for hydroxylation is 3. The maximum absolute atomic E-state index is 11.5. The molecule has 2 aromatic rings. The standard InChI is InChI=1S/C12H17ClN4O2/c1-4-8-11-12(16(2)15-8)17(7-10(18)19-3)9(14-11)5-6-13/h4-7H2,1-3H3. The fraction of sp³-hybridized carbons (Fsp3) is 0.583. The number of hydrogen-bond donors (Lipinski definition) is 0. The molecule has 0 aliphatic rings. The number of methoxy groups -OCH3 is 1. The minimum Gasteiger partial charge on any atom is -0.468 e. The number of esters is 1. The highest BCUT2D eigenvalue weighted by atomic mass is 35.5. The van der Waals surface area contributed by atoms with Crippen LogP contribution in [0.15, 0.2) is 0 Å². The zero-order valence-corrected chi connectivity index (χ0v) is 12.1. The maximum Gasteiger partial charge on any atom is 0.325 e. The molecule has 0 saturated heterocycles. The molecule has 0 aliphatic carbocycles. The smallest absolute Gasteiger partial charge is 0.325 e. The molecule has 6 nitrogen and oxygen atoms in total. The van der Waals surface area contributed by atoms with Gasteiger partial charge in [-0.05, 0) is 6.42 Å². The topological polar surface area (TPSA) is 61.9 Å². The molecule has 0 amide bonds. The number of carbonyl (C=O) groups excluding carboxylic acids is 1. The van der Waals surface area contributed by atoms with Gasteiger partial charge < -0.3 is 9.30 Å². The molecule has 0 N–H and O–H groups in total. The summed E-state index contributed by atoms with van der Waals surface area (Å²) in [6.45, 7) is 2.16. The van der Waals surface area contributed by atoms with E-state index in [4.69, 9.17) is 16.3 Å². The van der Waals surface area contributed by atoms with Crippen molar-refractivity contribution < 1.29 is 9.53 Å². The summed E-state index contributed by atoms with van der Waals surface area (Å²) < 4.78 is 8.31. The highest BCUT2D eigenvalue weighted by Crippen LogP contribution is 2.20. The van der Waals surface area contributed by atoms with Crippen LogP contribution in [0, 0.1) is 0 Å². The lowest BCUT2D eigenvalue weighted by molar-refractivity contribution is -0.141. The zero-order valence-electron chi connectivity index (χ0n) is 11.3. The monoisotopic (exact) mass is 284 g/mol. The summed E-state index contributed by atoms with van der Waals surface area (Å²) in [5, 5.41) is 4.41. The summed E-state index contributed by atoms with van der Waals surface area (Å²) in [4.78, 5) is 16.1. The number of rotatable bonds is 5. The Labute approximate surface area is 116 Å². The predicted octanol–water partition coefficient (Wildman–Crippen LogP) is 1.29. The number of imidazole rings is 1. The van der Waals surface area contributed by atoms with Gasteiger partial charge in [0, 0.05) is 19.3 Å². The zero-order chi connectivity index (χ0) is 14.0. The molecular weight excluding hydrogens is 268 g/mol. The lowest BCUT2D eigenvalue weighted by Gasteiger charge is -2.07. The van der Waals surface area contributed by atoms with Crippen LogP contribution in [-0.2, 0) is 36.0 Å². The van der Waals surface area contributed by atoms with Gasteiger partial charge in [0.25, 0.3) is 0 Å². The van der Waals surface area contributed by atoms with Crippen molar-refractivity contribution in [2.45, 2.75) is 26.3 Å². The van der Waals surface area contributed by atoms with Crippen LogP contribution in [0.2, 0.25) is 0 Å². The Hall–Kier alpha value is -1.56. The highest BCUT2D eigenvalue weighted by molar-refractivity contribution is 6.17. The van der Waals surface area contributed by atoms with Gasteiger partial charge >= 0.3 is 5.97 Å². The minimum absolute atomic E-state index is 0.127. The van der Waals surface area contributed by atoms with E-state index in [0.29, 0.717) is 12.3 Å². The lowest BCUT2D eigenvalue weighted by atomic mass is 10.3. The van der Waals surface area contributed by atoms with E-state index in [9.17, 15) is 4.79 Å². The van der Waals surface area contributed by atoms with Gasteiger partial charge in [0.05, 0.1) is 12.8 Å². The molecule has 7 heteroatoms. The predicted molar refractivity (Wildman–Crippen MR) is 72.3 cm³/mol. The number of carbonyl (C=O) groups is 1. The van der Waals surface area contributed by atoms with Crippen molar-refractivity contribution in [2.75, 3.05) is 13.0 Å². The molecular formula is C12H17ClN4O2. The number of aromatic nitrogens is 4. The lowest BCUT2D eigenvalue weighted by Crippen LogP contribution is -2.16.